The summed E-state index contributed by atoms with van der Waals surface area (Å²) >= 11 is 0. The highest BCUT2D eigenvalue weighted by Crippen LogP contribution is 2.18. The monoisotopic (exact) mass is 221 g/mol. The molecule has 0 bridgehead atoms. The van der Waals surface area contributed by atoms with Gasteiger partial charge in [0.05, 0.1) is 0 Å². The van der Waals surface area contributed by atoms with E-state index in [2.05, 4.69) is 14.9 Å². The van der Waals surface area contributed by atoms with Gasteiger partial charge in [0.1, 0.15) is 5.82 Å². The molecule has 0 aromatic carbocycles. The van der Waals surface area contributed by atoms with Crippen molar-refractivity contribution in [2.24, 2.45) is 0 Å². The van der Waals surface area contributed by atoms with E-state index in [1.54, 1.807) is 6.92 Å². The van der Waals surface area contributed by atoms with Crippen LogP contribution in [0.1, 0.15) is 35.6 Å². The quantitative estimate of drug-likeness (QED) is 0.819. The molecule has 0 saturated carbocycles. The van der Waals surface area contributed by atoms with Gasteiger partial charge >= 0.3 is 5.97 Å². The first-order chi connectivity index (χ1) is 7.66. The summed E-state index contributed by atoms with van der Waals surface area (Å²) in [6.45, 7) is 3.70. The molecule has 0 atom stereocenters. The van der Waals surface area contributed by atoms with Crippen molar-refractivity contribution in [2.45, 2.75) is 26.2 Å². The molecule has 1 aromatic heterocycles. The van der Waals surface area contributed by atoms with Gasteiger partial charge in [0.15, 0.2) is 0 Å². The highest BCUT2D eigenvalue weighted by molar-refractivity contribution is 5.83. The van der Waals surface area contributed by atoms with Gasteiger partial charge in [-0.1, -0.05) is 0 Å². The number of aryl methyl sites for hydroxylation is 1. The van der Waals surface area contributed by atoms with Gasteiger partial charge in [-0.3, -0.25) is 0 Å². The zero-order valence-electron chi connectivity index (χ0n) is 9.31. The van der Waals surface area contributed by atoms with E-state index in [1.807, 2.05) is 6.07 Å². The Kier molecular flexibility index (Phi) is 3.03. The number of carbonyl (C=O) groups is 1. The van der Waals surface area contributed by atoms with Gasteiger partial charge in [0.25, 0.3) is 0 Å². The fourth-order valence-corrected chi connectivity index (χ4v) is 1.93. The van der Waals surface area contributed by atoms with E-state index in [1.165, 1.54) is 6.42 Å². The molecule has 0 aliphatic carbocycles. The summed E-state index contributed by atoms with van der Waals surface area (Å²) in [4.78, 5) is 20.9. The number of anilines is 1. The van der Waals surface area contributed by atoms with Gasteiger partial charge < -0.3 is 10.0 Å². The summed E-state index contributed by atoms with van der Waals surface area (Å²) < 4.78 is 0. The first kappa shape index (κ1) is 10.9. The second kappa shape index (κ2) is 4.47. The molecule has 2 rings (SSSR count). The summed E-state index contributed by atoms with van der Waals surface area (Å²) in [6, 6.07) is 1.84. The van der Waals surface area contributed by atoms with Crippen LogP contribution in [-0.2, 0) is 0 Å². The molecule has 1 saturated heterocycles. The molecule has 5 heteroatoms. The normalized spacial score (nSPS) is 16.2. The third-order valence-corrected chi connectivity index (χ3v) is 2.71. The predicted molar refractivity (Wildman–Crippen MR) is 59.8 cm³/mol. The molecule has 1 fully saturated rings. The van der Waals surface area contributed by atoms with Crippen molar-refractivity contribution in [2.75, 3.05) is 18.0 Å². The van der Waals surface area contributed by atoms with Crippen molar-refractivity contribution in [3.05, 3.63) is 17.6 Å². The van der Waals surface area contributed by atoms with Crippen LogP contribution in [0.4, 0.5) is 5.82 Å². The van der Waals surface area contributed by atoms with E-state index in [-0.39, 0.29) is 5.82 Å². The predicted octanol–water partition coefficient (Wildman–Crippen LogP) is 1.47. The highest BCUT2D eigenvalue weighted by atomic mass is 16.4. The third kappa shape index (κ3) is 2.29. The SMILES string of the molecule is Cc1cc(N2CCCCC2)nc(C(=O)O)n1. The minimum Gasteiger partial charge on any atom is -0.475 e. The van der Waals surface area contributed by atoms with Crippen molar-refractivity contribution in [3.63, 3.8) is 0 Å². The standard InChI is InChI=1S/C11H15N3O2/c1-8-7-9(13-10(12-8)11(15)16)14-5-3-2-4-6-14/h7H,2-6H2,1H3,(H,15,16). The average molecular weight is 221 g/mol. The molecule has 2 heterocycles. The number of nitrogens with zero attached hydrogens (tertiary/aromatic N) is 3. The molecule has 1 aromatic rings. The van der Waals surface area contributed by atoms with Crippen LogP contribution >= 0.6 is 0 Å². The maximum Gasteiger partial charge on any atom is 0.374 e. The smallest absolute Gasteiger partial charge is 0.374 e. The lowest BCUT2D eigenvalue weighted by molar-refractivity contribution is 0.0683. The molecule has 0 amide bonds. The fraction of sp³-hybridized carbons (Fsp3) is 0.545. The van der Waals surface area contributed by atoms with Crippen LogP contribution < -0.4 is 4.90 Å². The second-order valence-corrected chi connectivity index (χ2v) is 4.04. The summed E-state index contributed by atoms with van der Waals surface area (Å²) in [5.74, 6) is -0.438. The Bertz CT molecular complexity index is 400. The van der Waals surface area contributed by atoms with Gasteiger partial charge in [-0.15, -0.1) is 0 Å². The Morgan fingerprint density at radius 2 is 2.00 bits per heavy atom. The van der Waals surface area contributed by atoms with Crippen molar-refractivity contribution in [1.29, 1.82) is 0 Å². The molecule has 16 heavy (non-hydrogen) atoms. The molecule has 0 spiro atoms. The lowest BCUT2D eigenvalue weighted by Gasteiger charge is -2.27. The fourth-order valence-electron chi connectivity index (χ4n) is 1.93. The van der Waals surface area contributed by atoms with Gasteiger partial charge in [-0.2, -0.15) is 0 Å². The topological polar surface area (TPSA) is 66.3 Å². The van der Waals surface area contributed by atoms with Crippen LogP contribution in [0.15, 0.2) is 6.07 Å². The molecule has 5 nitrogen and oxygen atoms in total. The van der Waals surface area contributed by atoms with Crippen LogP contribution in [0.5, 0.6) is 0 Å². The van der Waals surface area contributed by atoms with E-state index in [9.17, 15) is 4.79 Å². The molecule has 1 N–H and O–H groups in total. The first-order valence-electron chi connectivity index (χ1n) is 5.51. The van der Waals surface area contributed by atoms with Crippen LogP contribution in [-0.4, -0.2) is 34.1 Å². The summed E-state index contributed by atoms with van der Waals surface area (Å²) in [7, 11) is 0. The van der Waals surface area contributed by atoms with E-state index < -0.39 is 5.97 Å². The van der Waals surface area contributed by atoms with Gasteiger partial charge in [-0.05, 0) is 26.2 Å². The Morgan fingerprint density at radius 1 is 1.31 bits per heavy atom. The highest BCUT2D eigenvalue weighted by Gasteiger charge is 2.15. The largest absolute Gasteiger partial charge is 0.475 e. The lowest BCUT2D eigenvalue weighted by atomic mass is 10.1. The number of hydrogen-bond acceptors (Lipinski definition) is 4. The number of hydrogen-bond donors (Lipinski definition) is 1. The molecule has 1 aliphatic rings. The number of piperidine rings is 1. The van der Waals surface area contributed by atoms with E-state index in [4.69, 9.17) is 5.11 Å². The minimum atomic E-state index is -1.07. The Morgan fingerprint density at radius 3 is 2.62 bits per heavy atom. The van der Waals surface area contributed by atoms with Crippen molar-refractivity contribution < 1.29 is 9.90 Å². The number of carboxylic acids is 1. The second-order valence-electron chi connectivity index (χ2n) is 4.04. The molecular formula is C11H15N3O2. The zero-order valence-corrected chi connectivity index (χ0v) is 9.31. The lowest BCUT2D eigenvalue weighted by Crippen LogP contribution is -2.30. The van der Waals surface area contributed by atoms with Gasteiger partial charge in [0.2, 0.25) is 5.82 Å². The van der Waals surface area contributed by atoms with Crippen molar-refractivity contribution in [1.82, 2.24) is 9.97 Å². The zero-order chi connectivity index (χ0) is 11.5. The van der Waals surface area contributed by atoms with Crippen LogP contribution in [0.25, 0.3) is 0 Å². The molecule has 0 unspecified atom stereocenters. The number of aromatic carboxylic acids is 1. The first-order valence-corrected chi connectivity index (χ1v) is 5.51. The van der Waals surface area contributed by atoms with Gasteiger partial charge in [0, 0.05) is 24.8 Å². The minimum absolute atomic E-state index is 0.111. The Hall–Kier alpha value is -1.65. The number of rotatable bonds is 2. The third-order valence-electron chi connectivity index (χ3n) is 2.71. The maximum atomic E-state index is 10.8. The van der Waals surface area contributed by atoms with Crippen LogP contribution in [0.2, 0.25) is 0 Å². The molecule has 0 radical (unpaired) electrons. The van der Waals surface area contributed by atoms with Crippen LogP contribution in [0, 0.1) is 6.92 Å². The van der Waals surface area contributed by atoms with Crippen molar-refractivity contribution in [3.8, 4) is 0 Å². The summed E-state index contributed by atoms with van der Waals surface area (Å²) in [6.07, 6.45) is 3.53. The number of aromatic nitrogens is 2. The molecule has 1 aliphatic heterocycles. The summed E-state index contributed by atoms with van der Waals surface area (Å²) in [5, 5.41) is 8.89. The van der Waals surface area contributed by atoms with E-state index in [0.717, 1.165) is 31.7 Å². The molecular weight excluding hydrogens is 206 g/mol. The average Bonchev–Trinajstić information content (AvgIpc) is 2.29. The van der Waals surface area contributed by atoms with Crippen molar-refractivity contribution >= 4 is 11.8 Å². The Balaban J connectivity index is 2.28. The van der Waals surface area contributed by atoms with Gasteiger partial charge in [-0.25, -0.2) is 14.8 Å². The number of carboxylic acid groups (broad SMARTS) is 1. The summed E-state index contributed by atoms with van der Waals surface area (Å²) in [5.41, 5.74) is 0.702. The Labute approximate surface area is 94.1 Å². The maximum absolute atomic E-state index is 10.8. The van der Waals surface area contributed by atoms with Crippen LogP contribution in [0.3, 0.4) is 0 Å². The van der Waals surface area contributed by atoms with E-state index >= 15 is 0 Å². The molecule has 86 valence electrons. The van der Waals surface area contributed by atoms with E-state index in [0.29, 0.717) is 5.69 Å².